The highest BCUT2D eigenvalue weighted by molar-refractivity contribution is 7.99. The SMILES string of the molecule is CC(C)N(C(=O)CSc1nnc(-c2cccs2)n1CCC(N)=O)c1ccccc1. The fourth-order valence-corrected chi connectivity index (χ4v) is 4.46. The maximum atomic E-state index is 12.9. The van der Waals surface area contributed by atoms with Gasteiger partial charge in [0, 0.05) is 24.7 Å². The Labute approximate surface area is 177 Å². The third-order valence-corrected chi connectivity index (χ3v) is 6.00. The second-order valence-corrected chi connectivity index (χ2v) is 8.52. The molecule has 2 amide bonds. The van der Waals surface area contributed by atoms with Crippen LogP contribution in [0.2, 0.25) is 0 Å². The van der Waals surface area contributed by atoms with Crippen LogP contribution in [0.1, 0.15) is 20.3 Å². The quantitative estimate of drug-likeness (QED) is 0.526. The standard InChI is InChI=1S/C20H23N5O2S2/c1-14(2)25(15-7-4-3-5-8-15)18(27)13-29-20-23-22-19(16-9-6-12-28-16)24(20)11-10-17(21)26/h3-9,12,14H,10-11,13H2,1-2H3,(H2,21,26). The van der Waals surface area contributed by atoms with Crippen LogP contribution < -0.4 is 10.6 Å². The summed E-state index contributed by atoms with van der Waals surface area (Å²) in [4.78, 5) is 27.0. The molecule has 2 N–H and O–H groups in total. The molecule has 1 aromatic carbocycles. The van der Waals surface area contributed by atoms with Crippen molar-refractivity contribution < 1.29 is 9.59 Å². The summed E-state index contributed by atoms with van der Waals surface area (Å²) < 4.78 is 1.86. The minimum absolute atomic E-state index is 0.0154. The van der Waals surface area contributed by atoms with Crippen molar-refractivity contribution in [1.29, 1.82) is 0 Å². The molecule has 0 aliphatic carbocycles. The van der Waals surface area contributed by atoms with E-state index in [0.717, 1.165) is 10.6 Å². The zero-order valence-corrected chi connectivity index (χ0v) is 17.9. The number of amides is 2. The van der Waals surface area contributed by atoms with E-state index in [2.05, 4.69) is 10.2 Å². The fourth-order valence-electron chi connectivity index (χ4n) is 2.92. The number of aromatic nitrogens is 3. The van der Waals surface area contributed by atoms with E-state index in [0.29, 0.717) is 17.5 Å². The molecule has 152 valence electrons. The Hall–Kier alpha value is -2.65. The number of carbonyl (C=O) groups excluding carboxylic acids is 2. The molecular weight excluding hydrogens is 406 g/mol. The molecule has 29 heavy (non-hydrogen) atoms. The summed E-state index contributed by atoms with van der Waals surface area (Å²) in [7, 11) is 0. The van der Waals surface area contributed by atoms with Gasteiger partial charge in [0.05, 0.1) is 10.6 Å². The second-order valence-electron chi connectivity index (χ2n) is 6.63. The first-order valence-corrected chi connectivity index (χ1v) is 11.1. The molecule has 2 aromatic heterocycles. The van der Waals surface area contributed by atoms with Gasteiger partial charge >= 0.3 is 0 Å². The fraction of sp³-hybridized carbons (Fsp3) is 0.300. The number of hydrogen-bond donors (Lipinski definition) is 1. The Morgan fingerprint density at radius 2 is 1.93 bits per heavy atom. The average molecular weight is 430 g/mol. The van der Waals surface area contributed by atoms with Crippen LogP contribution in [0.5, 0.6) is 0 Å². The predicted molar refractivity (Wildman–Crippen MR) is 117 cm³/mol. The van der Waals surface area contributed by atoms with Crippen LogP contribution in [0.25, 0.3) is 10.7 Å². The number of nitrogens with two attached hydrogens (primary N) is 1. The van der Waals surface area contributed by atoms with E-state index in [1.807, 2.05) is 66.3 Å². The molecule has 0 saturated heterocycles. The van der Waals surface area contributed by atoms with Crippen LogP contribution in [0.15, 0.2) is 53.0 Å². The van der Waals surface area contributed by atoms with Gasteiger partial charge in [0.1, 0.15) is 0 Å². The molecule has 0 aliphatic heterocycles. The Bertz CT molecular complexity index is 955. The van der Waals surface area contributed by atoms with E-state index in [1.165, 1.54) is 11.8 Å². The number of anilines is 1. The average Bonchev–Trinajstić information content (AvgIpc) is 3.35. The molecule has 7 nitrogen and oxygen atoms in total. The number of nitrogens with zero attached hydrogens (tertiary/aromatic N) is 4. The van der Waals surface area contributed by atoms with Crippen molar-refractivity contribution in [2.24, 2.45) is 5.73 Å². The van der Waals surface area contributed by atoms with Crippen molar-refractivity contribution in [3.63, 3.8) is 0 Å². The number of carbonyl (C=O) groups is 2. The van der Waals surface area contributed by atoms with Crippen LogP contribution in [-0.4, -0.2) is 38.4 Å². The zero-order valence-electron chi connectivity index (χ0n) is 16.3. The molecule has 0 unspecified atom stereocenters. The number of thioether (sulfide) groups is 1. The van der Waals surface area contributed by atoms with E-state index in [9.17, 15) is 9.59 Å². The third kappa shape index (κ3) is 5.24. The Balaban J connectivity index is 1.78. The molecule has 9 heteroatoms. The van der Waals surface area contributed by atoms with Gasteiger partial charge in [-0.25, -0.2) is 0 Å². The van der Waals surface area contributed by atoms with Crippen molar-refractivity contribution in [3.05, 3.63) is 47.8 Å². The van der Waals surface area contributed by atoms with Crippen LogP contribution in [0, 0.1) is 0 Å². The largest absolute Gasteiger partial charge is 0.370 e. The lowest BCUT2D eigenvalue weighted by molar-refractivity contribution is -0.118. The summed E-state index contributed by atoms with van der Waals surface area (Å²) >= 11 is 2.86. The first-order valence-electron chi connectivity index (χ1n) is 9.22. The monoisotopic (exact) mass is 429 g/mol. The lowest BCUT2D eigenvalue weighted by Gasteiger charge is -2.26. The smallest absolute Gasteiger partial charge is 0.237 e. The van der Waals surface area contributed by atoms with Crippen LogP contribution >= 0.6 is 23.1 Å². The molecule has 0 fully saturated rings. The van der Waals surface area contributed by atoms with Gasteiger partial charge in [-0.1, -0.05) is 36.0 Å². The topological polar surface area (TPSA) is 94.1 Å². The summed E-state index contributed by atoms with van der Waals surface area (Å²) in [5, 5.41) is 11.1. The highest BCUT2D eigenvalue weighted by Gasteiger charge is 2.21. The van der Waals surface area contributed by atoms with Gasteiger partial charge in [0.15, 0.2) is 11.0 Å². The van der Waals surface area contributed by atoms with Crippen molar-refractivity contribution >= 4 is 40.6 Å². The summed E-state index contributed by atoms with van der Waals surface area (Å²) in [6.07, 6.45) is 0.181. The lowest BCUT2D eigenvalue weighted by atomic mass is 10.2. The normalized spacial score (nSPS) is 11.0. The number of benzene rings is 1. The molecular formula is C20H23N5O2S2. The molecule has 0 saturated carbocycles. The summed E-state index contributed by atoms with van der Waals surface area (Å²) in [5.41, 5.74) is 6.19. The second kappa shape index (κ2) is 9.71. The maximum Gasteiger partial charge on any atom is 0.237 e. The lowest BCUT2D eigenvalue weighted by Crippen LogP contribution is -2.38. The van der Waals surface area contributed by atoms with E-state index in [-0.39, 0.29) is 24.1 Å². The third-order valence-electron chi connectivity index (χ3n) is 4.18. The number of hydrogen-bond acceptors (Lipinski definition) is 6. The first-order chi connectivity index (χ1) is 14.0. The summed E-state index contributed by atoms with van der Waals surface area (Å²) in [6, 6.07) is 13.5. The van der Waals surface area contributed by atoms with E-state index in [1.54, 1.807) is 16.2 Å². The van der Waals surface area contributed by atoms with Gasteiger partial charge in [0.2, 0.25) is 11.8 Å². The molecule has 3 rings (SSSR count). The maximum absolute atomic E-state index is 12.9. The minimum Gasteiger partial charge on any atom is -0.370 e. The van der Waals surface area contributed by atoms with Gasteiger partial charge in [0.25, 0.3) is 0 Å². The first kappa shape index (κ1) is 21.1. The Kier molecular flexibility index (Phi) is 7.05. The van der Waals surface area contributed by atoms with Gasteiger partial charge in [-0.15, -0.1) is 21.5 Å². The predicted octanol–water partition coefficient (Wildman–Crippen LogP) is 3.42. The van der Waals surface area contributed by atoms with Gasteiger partial charge in [-0.3, -0.25) is 9.59 Å². The number of rotatable bonds is 9. The van der Waals surface area contributed by atoms with Gasteiger partial charge in [-0.2, -0.15) is 0 Å². The van der Waals surface area contributed by atoms with Crippen molar-refractivity contribution in [2.75, 3.05) is 10.7 Å². The Morgan fingerprint density at radius 1 is 1.17 bits per heavy atom. The molecule has 2 heterocycles. The molecule has 0 radical (unpaired) electrons. The van der Waals surface area contributed by atoms with Crippen molar-refractivity contribution in [3.8, 4) is 10.7 Å². The van der Waals surface area contributed by atoms with Crippen LogP contribution in [-0.2, 0) is 16.1 Å². The number of primary amides is 1. The highest BCUT2D eigenvalue weighted by Crippen LogP contribution is 2.28. The minimum atomic E-state index is -0.391. The van der Waals surface area contributed by atoms with Crippen molar-refractivity contribution in [1.82, 2.24) is 14.8 Å². The molecule has 0 atom stereocenters. The van der Waals surface area contributed by atoms with Gasteiger partial charge in [-0.05, 0) is 37.4 Å². The van der Waals surface area contributed by atoms with Crippen LogP contribution in [0.4, 0.5) is 5.69 Å². The number of para-hydroxylation sites is 1. The molecule has 0 aliphatic rings. The van der Waals surface area contributed by atoms with Gasteiger partial charge < -0.3 is 15.2 Å². The molecule has 3 aromatic rings. The van der Waals surface area contributed by atoms with E-state index < -0.39 is 5.91 Å². The molecule has 0 spiro atoms. The Morgan fingerprint density at radius 3 is 2.55 bits per heavy atom. The summed E-state index contributed by atoms with van der Waals surface area (Å²) in [6.45, 7) is 4.35. The van der Waals surface area contributed by atoms with E-state index in [4.69, 9.17) is 5.73 Å². The zero-order chi connectivity index (χ0) is 20.8. The van der Waals surface area contributed by atoms with Crippen LogP contribution in [0.3, 0.4) is 0 Å². The highest BCUT2D eigenvalue weighted by atomic mass is 32.2. The molecule has 0 bridgehead atoms. The summed E-state index contributed by atoms with van der Waals surface area (Å²) in [5.74, 6) is 0.489. The van der Waals surface area contributed by atoms with Crippen molar-refractivity contribution in [2.45, 2.75) is 38.0 Å². The van der Waals surface area contributed by atoms with E-state index >= 15 is 0 Å². The number of thiophene rings is 1.